The zero-order chi connectivity index (χ0) is 26.2. The molecule has 186 valence electrons. The highest BCUT2D eigenvalue weighted by atomic mass is 16.2. The van der Waals surface area contributed by atoms with E-state index in [0.717, 1.165) is 0 Å². The van der Waals surface area contributed by atoms with E-state index in [0.29, 0.717) is 55.0 Å². The second-order valence-corrected chi connectivity index (χ2v) is 9.05. The number of aromatic nitrogens is 2. The summed E-state index contributed by atoms with van der Waals surface area (Å²) in [4.78, 5) is 57.7. The van der Waals surface area contributed by atoms with Crippen LogP contribution in [0.4, 0.5) is 11.4 Å². The quantitative estimate of drug-likeness (QED) is 0.247. The van der Waals surface area contributed by atoms with E-state index in [2.05, 4.69) is 20.6 Å². The van der Waals surface area contributed by atoms with Crippen LogP contribution in [0.2, 0.25) is 0 Å². The smallest absolute Gasteiger partial charge is 0.224 e. The molecular formula is C30H22N4O4. The van der Waals surface area contributed by atoms with E-state index in [-0.39, 0.29) is 35.5 Å². The Morgan fingerprint density at radius 2 is 0.921 bits per heavy atom. The van der Waals surface area contributed by atoms with Gasteiger partial charge in [0.25, 0.3) is 0 Å². The Morgan fingerprint density at radius 1 is 0.526 bits per heavy atom. The molecule has 0 aliphatic carbocycles. The van der Waals surface area contributed by atoms with Crippen LogP contribution in [-0.4, -0.2) is 21.8 Å². The van der Waals surface area contributed by atoms with Gasteiger partial charge in [0.15, 0.2) is 10.9 Å². The second kappa shape index (κ2) is 9.33. The molecule has 4 aromatic carbocycles. The van der Waals surface area contributed by atoms with E-state index >= 15 is 0 Å². The average molecular weight is 503 g/mol. The van der Waals surface area contributed by atoms with Crippen molar-refractivity contribution in [2.24, 2.45) is 0 Å². The number of carbonyl (C=O) groups is 2. The van der Waals surface area contributed by atoms with Crippen molar-refractivity contribution in [2.75, 3.05) is 10.6 Å². The van der Waals surface area contributed by atoms with Crippen LogP contribution in [0, 0.1) is 0 Å². The molecule has 0 saturated heterocycles. The lowest BCUT2D eigenvalue weighted by molar-refractivity contribution is -0.121. The normalized spacial score (nSPS) is 11.3. The molecule has 0 atom stereocenters. The van der Waals surface area contributed by atoms with Gasteiger partial charge in [0.2, 0.25) is 11.8 Å². The number of benzene rings is 4. The maximum absolute atomic E-state index is 12.9. The van der Waals surface area contributed by atoms with Crippen LogP contribution >= 0.6 is 0 Å². The average Bonchev–Trinajstić information content (AvgIpc) is 2.93. The van der Waals surface area contributed by atoms with Crippen molar-refractivity contribution in [1.82, 2.24) is 9.97 Å². The van der Waals surface area contributed by atoms with Gasteiger partial charge in [-0.05, 0) is 48.5 Å². The second-order valence-electron chi connectivity index (χ2n) is 9.05. The van der Waals surface area contributed by atoms with Crippen LogP contribution in [0.3, 0.4) is 0 Å². The van der Waals surface area contributed by atoms with Crippen molar-refractivity contribution in [1.29, 1.82) is 0 Å². The van der Waals surface area contributed by atoms with E-state index in [9.17, 15) is 19.2 Å². The Kier molecular flexibility index (Phi) is 5.69. The Bertz CT molecular complexity index is 1880. The third-order valence-electron chi connectivity index (χ3n) is 6.61. The Labute approximate surface area is 215 Å². The molecule has 2 heterocycles. The van der Waals surface area contributed by atoms with Gasteiger partial charge in [0, 0.05) is 45.4 Å². The molecule has 0 unspecified atom stereocenters. The van der Waals surface area contributed by atoms with Crippen molar-refractivity contribution in [2.45, 2.75) is 12.8 Å². The minimum Gasteiger partial charge on any atom is -0.353 e. The predicted molar refractivity (Wildman–Crippen MR) is 151 cm³/mol. The van der Waals surface area contributed by atoms with Gasteiger partial charge in [0.05, 0.1) is 22.4 Å². The molecular weight excluding hydrogens is 480 g/mol. The van der Waals surface area contributed by atoms with Crippen molar-refractivity contribution in [3.63, 3.8) is 0 Å². The van der Waals surface area contributed by atoms with Gasteiger partial charge < -0.3 is 20.6 Å². The van der Waals surface area contributed by atoms with Crippen LogP contribution in [0.5, 0.6) is 0 Å². The van der Waals surface area contributed by atoms with Crippen molar-refractivity contribution in [3.05, 3.63) is 105 Å². The summed E-state index contributed by atoms with van der Waals surface area (Å²) in [5, 5.41) is 7.72. The lowest BCUT2D eigenvalue weighted by atomic mass is 10.1. The molecule has 8 heteroatoms. The maximum atomic E-state index is 12.9. The summed E-state index contributed by atoms with van der Waals surface area (Å²) < 4.78 is 0. The first-order chi connectivity index (χ1) is 18.5. The van der Waals surface area contributed by atoms with Gasteiger partial charge in [-0.25, -0.2) is 0 Å². The molecule has 0 aliphatic heterocycles. The van der Waals surface area contributed by atoms with E-state index < -0.39 is 0 Å². The molecule has 0 bridgehead atoms. The highest BCUT2D eigenvalue weighted by molar-refractivity contribution is 6.06. The third kappa shape index (κ3) is 4.08. The fraction of sp³-hybridized carbons (Fsp3) is 0.0667. The van der Waals surface area contributed by atoms with Crippen LogP contribution in [0.25, 0.3) is 43.6 Å². The number of hydrogen-bond donors (Lipinski definition) is 4. The molecule has 0 aliphatic rings. The van der Waals surface area contributed by atoms with Gasteiger partial charge >= 0.3 is 0 Å². The molecule has 38 heavy (non-hydrogen) atoms. The van der Waals surface area contributed by atoms with Crippen LogP contribution in [0.15, 0.2) is 94.5 Å². The zero-order valence-corrected chi connectivity index (χ0v) is 20.1. The lowest BCUT2D eigenvalue weighted by Crippen LogP contribution is -2.18. The highest BCUT2D eigenvalue weighted by Gasteiger charge is 2.14. The van der Waals surface area contributed by atoms with E-state index in [1.54, 1.807) is 60.7 Å². The summed E-state index contributed by atoms with van der Waals surface area (Å²) in [5.41, 5.74) is 3.10. The van der Waals surface area contributed by atoms with E-state index in [1.807, 2.05) is 24.3 Å². The van der Waals surface area contributed by atoms with Gasteiger partial charge in [-0.1, -0.05) is 36.4 Å². The van der Waals surface area contributed by atoms with Crippen molar-refractivity contribution in [3.8, 4) is 0 Å². The number of aromatic amines is 2. The molecule has 0 saturated carbocycles. The van der Waals surface area contributed by atoms with E-state index in [4.69, 9.17) is 0 Å². The topological polar surface area (TPSA) is 124 Å². The summed E-state index contributed by atoms with van der Waals surface area (Å²) in [5.74, 6) is -0.724. The molecule has 0 radical (unpaired) electrons. The van der Waals surface area contributed by atoms with Crippen LogP contribution < -0.4 is 21.5 Å². The van der Waals surface area contributed by atoms with Gasteiger partial charge in [-0.15, -0.1) is 0 Å². The van der Waals surface area contributed by atoms with E-state index in [1.165, 1.54) is 0 Å². The van der Waals surface area contributed by atoms with Gasteiger partial charge in [-0.2, -0.15) is 0 Å². The maximum Gasteiger partial charge on any atom is 0.224 e. The summed E-state index contributed by atoms with van der Waals surface area (Å²) in [6, 6.07) is 24.7. The van der Waals surface area contributed by atoms with Crippen molar-refractivity contribution >= 4 is 66.8 Å². The first kappa shape index (κ1) is 23.2. The largest absolute Gasteiger partial charge is 0.353 e. The molecule has 0 spiro atoms. The summed E-state index contributed by atoms with van der Waals surface area (Å²) in [6.45, 7) is 0. The monoisotopic (exact) mass is 502 g/mol. The first-order valence-electron chi connectivity index (χ1n) is 12.2. The van der Waals surface area contributed by atoms with Crippen molar-refractivity contribution < 1.29 is 9.59 Å². The number of nitrogens with one attached hydrogen (secondary N) is 4. The Hall–Kier alpha value is -5.24. The molecule has 2 amide bonds. The molecule has 0 fully saturated rings. The molecule has 6 rings (SSSR count). The summed E-state index contributed by atoms with van der Waals surface area (Å²) >= 11 is 0. The molecule has 8 nitrogen and oxygen atoms in total. The Balaban J connectivity index is 1.19. The molecule has 6 aromatic rings. The molecule has 2 aromatic heterocycles. The number of fused-ring (bicyclic) bond motifs is 4. The van der Waals surface area contributed by atoms with Crippen LogP contribution in [-0.2, 0) is 9.59 Å². The highest BCUT2D eigenvalue weighted by Crippen LogP contribution is 2.24. The first-order valence-corrected chi connectivity index (χ1v) is 12.2. The summed E-state index contributed by atoms with van der Waals surface area (Å²) in [6.07, 6.45) is -0.130. The number of pyridine rings is 2. The number of para-hydroxylation sites is 4. The summed E-state index contributed by atoms with van der Waals surface area (Å²) in [7, 11) is 0. The fourth-order valence-corrected chi connectivity index (χ4v) is 4.75. The number of rotatable bonds is 5. The number of hydrogen-bond acceptors (Lipinski definition) is 4. The molecule has 4 N–H and O–H groups in total. The number of H-pyrrole nitrogens is 2. The number of carbonyl (C=O) groups excluding carboxylic acids is 2. The SMILES string of the molecule is O=C(CCC(=O)Nc1cccc2c(=O)c3ccccc3[nH]c12)Nc1cccc2c(=O)c3ccccc3[nH]c12. The standard InChI is InChI=1S/C30H22N4O4/c35-25(31-23-13-5-9-19-27(23)33-21-11-3-1-7-17(21)29(19)37)15-16-26(36)32-24-14-6-10-20-28(24)34-22-12-4-2-8-18(22)30(20)38/h1-14H,15-16H2,(H,31,35)(H,32,36)(H,33,37)(H,34,38). The zero-order valence-electron chi connectivity index (χ0n) is 20.1. The fourth-order valence-electron chi connectivity index (χ4n) is 4.75. The number of amides is 2. The van der Waals surface area contributed by atoms with Gasteiger partial charge in [0.1, 0.15) is 0 Å². The minimum absolute atomic E-state index is 0.0652. The lowest BCUT2D eigenvalue weighted by Gasteiger charge is -2.11. The number of anilines is 2. The third-order valence-corrected chi connectivity index (χ3v) is 6.61. The van der Waals surface area contributed by atoms with Crippen LogP contribution in [0.1, 0.15) is 12.8 Å². The Morgan fingerprint density at radius 3 is 1.37 bits per heavy atom. The van der Waals surface area contributed by atoms with Gasteiger partial charge in [-0.3, -0.25) is 19.2 Å². The predicted octanol–water partition coefficient (Wildman–Crippen LogP) is 5.03. The minimum atomic E-state index is -0.362.